The third kappa shape index (κ3) is 3.26. The molecule has 4 rings (SSSR count). The minimum absolute atomic E-state index is 0.0503. The van der Waals surface area contributed by atoms with Crippen molar-refractivity contribution < 1.29 is 14.0 Å². The maximum atomic E-state index is 5.47. The summed E-state index contributed by atoms with van der Waals surface area (Å²) in [6.45, 7) is 0. The van der Waals surface area contributed by atoms with Gasteiger partial charge in [-0.05, 0) is 48.4 Å². The van der Waals surface area contributed by atoms with Gasteiger partial charge in [-0.25, -0.2) is 10.9 Å². The Balaban J connectivity index is 1.48. The molecule has 0 amide bonds. The fourth-order valence-electron chi connectivity index (χ4n) is 3.03. The Morgan fingerprint density at radius 2 is 1.73 bits per heavy atom. The van der Waals surface area contributed by atoms with Crippen LogP contribution in [-0.4, -0.2) is 24.4 Å². The predicted molar refractivity (Wildman–Crippen MR) is 95.7 cm³/mol. The van der Waals surface area contributed by atoms with Crippen molar-refractivity contribution >= 4 is 0 Å². The summed E-state index contributed by atoms with van der Waals surface area (Å²) in [5.74, 6) is 2.76. The number of hydrogen-bond donors (Lipinski definition) is 2. The lowest BCUT2D eigenvalue weighted by molar-refractivity contribution is 0.340. The molecule has 2 aromatic carbocycles. The highest BCUT2D eigenvalue weighted by atomic mass is 16.5. The fraction of sp³-hybridized carbons (Fsp3) is 0.263. The van der Waals surface area contributed by atoms with Crippen molar-refractivity contribution in [3.05, 3.63) is 60.0 Å². The maximum absolute atomic E-state index is 5.47. The van der Waals surface area contributed by atoms with E-state index in [4.69, 9.17) is 14.0 Å². The molecule has 7 heteroatoms. The van der Waals surface area contributed by atoms with E-state index < -0.39 is 0 Å². The van der Waals surface area contributed by atoms with Crippen molar-refractivity contribution in [2.75, 3.05) is 14.2 Å². The third-order valence-electron chi connectivity index (χ3n) is 4.49. The van der Waals surface area contributed by atoms with Gasteiger partial charge in [-0.1, -0.05) is 17.3 Å². The number of methoxy groups -OCH3 is 2. The van der Waals surface area contributed by atoms with Crippen LogP contribution in [0.5, 0.6) is 11.5 Å². The van der Waals surface area contributed by atoms with Gasteiger partial charge in [0.05, 0.1) is 14.2 Å². The smallest absolute Gasteiger partial charge is 0.245 e. The van der Waals surface area contributed by atoms with Crippen LogP contribution >= 0.6 is 0 Å². The van der Waals surface area contributed by atoms with Gasteiger partial charge >= 0.3 is 0 Å². The van der Waals surface area contributed by atoms with E-state index in [1.165, 1.54) is 0 Å². The van der Waals surface area contributed by atoms with E-state index in [1.54, 1.807) is 14.2 Å². The Bertz CT molecular complexity index is 879. The molecule has 0 radical (unpaired) electrons. The zero-order valence-electron chi connectivity index (χ0n) is 14.6. The Morgan fingerprint density at radius 1 is 0.962 bits per heavy atom. The van der Waals surface area contributed by atoms with Crippen LogP contribution < -0.4 is 20.3 Å². The number of nitrogens with zero attached hydrogens (tertiary/aromatic N) is 2. The highest BCUT2D eigenvalue weighted by Crippen LogP contribution is 2.32. The molecule has 0 aliphatic carbocycles. The van der Waals surface area contributed by atoms with Crippen LogP contribution in [0.25, 0.3) is 11.4 Å². The van der Waals surface area contributed by atoms with Gasteiger partial charge in [0.2, 0.25) is 11.7 Å². The monoisotopic (exact) mass is 352 g/mol. The summed E-state index contributed by atoms with van der Waals surface area (Å²) >= 11 is 0. The highest BCUT2D eigenvalue weighted by molar-refractivity contribution is 5.55. The zero-order valence-corrected chi connectivity index (χ0v) is 14.6. The Kier molecular flexibility index (Phi) is 4.55. The summed E-state index contributed by atoms with van der Waals surface area (Å²) in [7, 11) is 3.31. The largest absolute Gasteiger partial charge is 0.497 e. The summed E-state index contributed by atoms with van der Waals surface area (Å²) in [6.07, 6.45) is 0.803. The lowest BCUT2D eigenvalue weighted by Crippen LogP contribution is -2.26. The van der Waals surface area contributed by atoms with Crippen LogP contribution in [0.3, 0.4) is 0 Å². The summed E-state index contributed by atoms with van der Waals surface area (Å²) in [6, 6.07) is 15.7. The number of ether oxygens (including phenoxy) is 2. The molecule has 134 valence electrons. The molecule has 2 N–H and O–H groups in total. The molecule has 1 saturated heterocycles. The van der Waals surface area contributed by atoms with Gasteiger partial charge in [0.25, 0.3) is 0 Å². The first-order valence-corrected chi connectivity index (χ1v) is 8.40. The molecule has 1 fully saturated rings. The average molecular weight is 352 g/mol. The number of hydrazine groups is 1. The molecule has 2 atom stereocenters. The van der Waals surface area contributed by atoms with Crippen molar-refractivity contribution in [1.82, 2.24) is 21.0 Å². The van der Waals surface area contributed by atoms with Crippen LogP contribution in [0, 0.1) is 0 Å². The molecule has 0 saturated carbocycles. The second-order valence-corrected chi connectivity index (χ2v) is 6.09. The maximum Gasteiger partial charge on any atom is 0.245 e. The van der Waals surface area contributed by atoms with E-state index in [9.17, 15) is 0 Å². The number of rotatable bonds is 5. The quantitative estimate of drug-likeness (QED) is 0.730. The number of nitrogens with one attached hydrogen (secondary N) is 2. The first kappa shape index (κ1) is 16.6. The molecule has 0 spiro atoms. The number of aromatic nitrogens is 2. The van der Waals surface area contributed by atoms with Gasteiger partial charge in [-0.2, -0.15) is 4.98 Å². The van der Waals surface area contributed by atoms with Gasteiger partial charge in [0.15, 0.2) is 0 Å². The lowest BCUT2D eigenvalue weighted by Gasteiger charge is -2.10. The standard InChI is InChI=1S/C19H20N4O3/c1-24-14-8-6-12(7-9-14)18-20-19(26-23-18)17-11-16(21-22-17)13-4-3-5-15(10-13)25-2/h3-10,16-17,21-22H,11H2,1-2H3. The van der Waals surface area contributed by atoms with Crippen LogP contribution in [0.2, 0.25) is 0 Å². The van der Waals surface area contributed by atoms with Crippen LogP contribution in [-0.2, 0) is 0 Å². The summed E-state index contributed by atoms with van der Waals surface area (Å²) < 4.78 is 15.9. The number of benzene rings is 2. The Hall–Kier alpha value is -2.90. The van der Waals surface area contributed by atoms with Crippen molar-refractivity contribution in [3.8, 4) is 22.9 Å². The zero-order chi connectivity index (χ0) is 17.9. The molecular weight excluding hydrogens is 332 g/mol. The molecule has 1 aliphatic rings. The van der Waals surface area contributed by atoms with Crippen molar-refractivity contribution in [2.24, 2.45) is 0 Å². The molecule has 3 aromatic rings. The molecular formula is C19H20N4O3. The second-order valence-electron chi connectivity index (χ2n) is 6.09. The Labute approximate surface area is 151 Å². The van der Waals surface area contributed by atoms with Crippen molar-refractivity contribution in [1.29, 1.82) is 0 Å². The normalized spacial score (nSPS) is 19.5. The van der Waals surface area contributed by atoms with Gasteiger partial charge < -0.3 is 14.0 Å². The van der Waals surface area contributed by atoms with Crippen molar-refractivity contribution in [2.45, 2.75) is 18.5 Å². The van der Waals surface area contributed by atoms with E-state index in [1.807, 2.05) is 42.5 Å². The fourth-order valence-corrected chi connectivity index (χ4v) is 3.03. The van der Waals surface area contributed by atoms with E-state index in [0.717, 1.165) is 29.0 Å². The lowest BCUT2D eigenvalue weighted by atomic mass is 10.0. The first-order valence-electron chi connectivity index (χ1n) is 8.40. The molecule has 0 bridgehead atoms. The van der Waals surface area contributed by atoms with E-state index >= 15 is 0 Å². The molecule has 1 aliphatic heterocycles. The van der Waals surface area contributed by atoms with Crippen molar-refractivity contribution in [3.63, 3.8) is 0 Å². The predicted octanol–water partition coefficient (Wildman–Crippen LogP) is 3.03. The molecule has 1 aromatic heterocycles. The SMILES string of the molecule is COc1ccc(-c2noc(C3CC(c4cccc(OC)c4)NN3)n2)cc1. The number of hydrogen-bond acceptors (Lipinski definition) is 7. The Morgan fingerprint density at radius 3 is 2.50 bits per heavy atom. The minimum Gasteiger partial charge on any atom is -0.497 e. The van der Waals surface area contributed by atoms with Gasteiger partial charge in [-0.15, -0.1) is 0 Å². The molecule has 26 heavy (non-hydrogen) atoms. The van der Waals surface area contributed by atoms with Crippen LogP contribution in [0.15, 0.2) is 53.1 Å². The minimum atomic E-state index is -0.0503. The van der Waals surface area contributed by atoms with Crippen LogP contribution in [0.1, 0.15) is 30.0 Å². The average Bonchev–Trinajstić information content (AvgIpc) is 3.38. The third-order valence-corrected chi connectivity index (χ3v) is 4.49. The van der Waals surface area contributed by atoms with Gasteiger partial charge in [-0.3, -0.25) is 0 Å². The summed E-state index contributed by atoms with van der Waals surface area (Å²) in [5.41, 5.74) is 8.55. The van der Waals surface area contributed by atoms with E-state index in [-0.39, 0.29) is 12.1 Å². The summed E-state index contributed by atoms with van der Waals surface area (Å²) in [4.78, 5) is 4.53. The van der Waals surface area contributed by atoms with E-state index in [0.29, 0.717) is 11.7 Å². The van der Waals surface area contributed by atoms with Gasteiger partial charge in [0, 0.05) is 11.6 Å². The molecule has 7 nitrogen and oxygen atoms in total. The second kappa shape index (κ2) is 7.15. The summed E-state index contributed by atoms with van der Waals surface area (Å²) in [5, 5.41) is 4.10. The molecule has 2 unspecified atom stereocenters. The molecule has 2 heterocycles. The highest BCUT2D eigenvalue weighted by Gasteiger charge is 2.30. The van der Waals surface area contributed by atoms with E-state index in [2.05, 4.69) is 27.1 Å². The van der Waals surface area contributed by atoms with Crippen LogP contribution in [0.4, 0.5) is 0 Å². The topological polar surface area (TPSA) is 81.4 Å². The first-order chi connectivity index (χ1) is 12.8. The van der Waals surface area contributed by atoms with Gasteiger partial charge in [0.1, 0.15) is 17.5 Å².